The zero-order chi connectivity index (χ0) is 22.2. The number of ether oxygens (including phenoxy) is 4. The Bertz CT molecular complexity index is 1170. The highest BCUT2D eigenvalue weighted by Crippen LogP contribution is 2.42. The monoisotopic (exact) mass is 438 g/mol. The molecule has 1 aromatic heterocycles. The van der Waals surface area contributed by atoms with Crippen LogP contribution in [-0.4, -0.2) is 60.9 Å². The van der Waals surface area contributed by atoms with Gasteiger partial charge < -0.3 is 28.8 Å². The largest absolute Gasteiger partial charge is 0.493 e. The Morgan fingerprint density at radius 1 is 1.16 bits per heavy atom. The molecule has 0 saturated carbocycles. The van der Waals surface area contributed by atoms with Gasteiger partial charge in [-0.3, -0.25) is 4.90 Å². The van der Waals surface area contributed by atoms with Crippen LogP contribution in [0.4, 0.5) is 5.69 Å². The molecule has 9 nitrogen and oxygen atoms in total. The lowest BCUT2D eigenvalue weighted by molar-refractivity contribution is 0.0327. The second kappa shape index (κ2) is 8.33. The van der Waals surface area contributed by atoms with Crippen molar-refractivity contribution in [3.05, 3.63) is 47.3 Å². The molecule has 168 valence electrons. The van der Waals surface area contributed by atoms with E-state index in [1.54, 1.807) is 6.07 Å². The Morgan fingerprint density at radius 2 is 1.97 bits per heavy atom. The first-order valence-electron chi connectivity index (χ1n) is 10.6. The van der Waals surface area contributed by atoms with Crippen molar-refractivity contribution in [2.75, 3.05) is 45.8 Å². The van der Waals surface area contributed by atoms with Gasteiger partial charge in [-0.25, -0.2) is 9.78 Å². The van der Waals surface area contributed by atoms with Gasteiger partial charge >= 0.3 is 5.97 Å². The van der Waals surface area contributed by atoms with Gasteiger partial charge in [0.05, 0.1) is 45.0 Å². The molecule has 2 aromatic carbocycles. The fraction of sp³-hybridized carbons (Fsp3) is 0.391. The van der Waals surface area contributed by atoms with E-state index < -0.39 is 12.2 Å². The molecule has 1 saturated heterocycles. The van der Waals surface area contributed by atoms with Gasteiger partial charge in [-0.1, -0.05) is 0 Å². The average Bonchev–Trinajstić information content (AvgIpc) is 3.29. The number of morpholine rings is 1. The van der Waals surface area contributed by atoms with Crippen molar-refractivity contribution in [2.45, 2.75) is 12.8 Å². The van der Waals surface area contributed by atoms with Crippen LogP contribution >= 0.6 is 0 Å². The number of carbonyl (C=O) groups is 1. The first-order chi connectivity index (χ1) is 15.6. The maximum Gasteiger partial charge on any atom is 0.344 e. The minimum Gasteiger partial charge on any atom is -0.493 e. The predicted molar refractivity (Wildman–Crippen MR) is 118 cm³/mol. The van der Waals surface area contributed by atoms with Crippen LogP contribution in [0.5, 0.6) is 11.5 Å². The summed E-state index contributed by atoms with van der Waals surface area (Å²) in [4.78, 5) is 19.7. The first kappa shape index (κ1) is 20.6. The van der Waals surface area contributed by atoms with Crippen molar-refractivity contribution in [1.29, 1.82) is 0 Å². The van der Waals surface area contributed by atoms with Gasteiger partial charge in [0, 0.05) is 31.4 Å². The van der Waals surface area contributed by atoms with Crippen LogP contribution in [-0.2, 0) is 23.1 Å². The summed E-state index contributed by atoms with van der Waals surface area (Å²) in [5.41, 5.74) is 3.85. The standard InChI is InChI=1S/C23H26N4O5/c1-26-17-6-4-14(12-16(17)25-19(26)13-27-8-10-31-11-9-27)24-22-15-5-7-18(29-2)21(30-3)20(15)23(28)32-22/h4-7,12,22,24H,8-11,13H2,1-3H3/t22-/m1/s1. The zero-order valence-electron chi connectivity index (χ0n) is 18.4. The number of cyclic esters (lactones) is 1. The Hall–Kier alpha value is -3.30. The molecular weight excluding hydrogens is 412 g/mol. The van der Waals surface area contributed by atoms with Crippen molar-refractivity contribution in [3.8, 4) is 11.5 Å². The van der Waals surface area contributed by atoms with E-state index in [1.165, 1.54) is 14.2 Å². The second-order valence-corrected chi connectivity index (χ2v) is 7.87. The number of hydrogen-bond donors (Lipinski definition) is 1. The molecule has 1 N–H and O–H groups in total. The summed E-state index contributed by atoms with van der Waals surface area (Å²) in [7, 11) is 5.08. The van der Waals surface area contributed by atoms with Crippen LogP contribution in [0.2, 0.25) is 0 Å². The van der Waals surface area contributed by atoms with E-state index in [-0.39, 0.29) is 0 Å². The summed E-state index contributed by atoms with van der Waals surface area (Å²) < 4.78 is 23.9. The van der Waals surface area contributed by atoms with Crippen LogP contribution < -0.4 is 14.8 Å². The molecule has 0 unspecified atom stereocenters. The normalized spacial score (nSPS) is 18.5. The number of nitrogens with zero attached hydrogens (tertiary/aromatic N) is 3. The van der Waals surface area contributed by atoms with Crippen molar-refractivity contribution in [3.63, 3.8) is 0 Å². The van der Waals surface area contributed by atoms with Gasteiger partial charge in [-0.15, -0.1) is 0 Å². The van der Waals surface area contributed by atoms with Crippen molar-refractivity contribution in [1.82, 2.24) is 14.5 Å². The van der Waals surface area contributed by atoms with Crippen LogP contribution in [0.25, 0.3) is 11.0 Å². The van der Waals surface area contributed by atoms with Gasteiger partial charge in [0.2, 0.25) is 6.23 Å². The number of fused-ring (bicyclic) bond motifs is 2. The lowest BCUT2D eigenvalue weighted by Crippen LogP contribution is -2.36. The van der Waals surface area contributed by atoms with E-state index in [9.17, 15) is 4.79 Å². The molecule has 0 amide bonds. The second-order valence-electron chi connectivity index (χ2n) is 7.87. The number of rotatable bonds is 6. The number of benzene rings is 2. The first-order valence-corrected chi connectivity index (χ1v) is 10.6. The Labute approximate surface area is 185 Å². The van der Waals surface area contributed by atoms with Gasteiger partial charge in [0.1, 0.15) is 11.4 Å². The Kier molecular flexibility index (Phi) is 5.36. The molecule has 2 aliphatic rings. The lowest BCUT2D eigenvalue weighted by atomic mass is 10.1. The fourth-order valence-electron chi connectivity index (χ4n) is 4.30. The van der Waals surface area contributed by atoms with Crippen molar-refractivity contribution >= 4 is 22.7 Å². The third-order valence-corrected chi connectivity index (χ3v) is 6.03. The van der Waals surface area contributed by atoms with E-state index >= 15 is 0 Å². The molecule has 0 radical (unpaired) electrons. The third kappa shape index (κ3) is 3.53. The molecule has 3 heterocycles. The van der Waals surface area contributed by atoms with Gasteiger partial charge in [0.25, 0.3) is 0 Å². The van der Waals surface area contributed by atoms with Gasteiger partial charge in [0.15, 0.2) is 11.5 Å². The fourth-order valence-corrected chi connectivity index (χ4v) is 4.30. The van der Waals surface area contributed by atoms with Crippen LogP contribution in [0.3, 0.4) is 0 Å². The highest BCUT2D eigenvalue weighted by molar-refractivity contribution is 5.98. The topological polar surface area (TPSA) is 87.1 Å². The number of methoxy groups -OCH3 is 2. The summed E-state index contributed by atoms with van der Waals surface area (Å²) in [6, 6.07) is 9.56. The molecule has 1 atom stereocenters. The average molecular weight is 438 g/mol. The molecule has 9 heteroatoms. The summed E-state index contributed by atoms with van der Waals surface area (Å²) in [5, 5.41) is 3.30. The number of anilines is 1. The lowest BCUT2D eigenvalue weighted by Gasteiger charge is -2.26. The van der Waals surface area contributed by atoms with Crippen LogP contribution in [0, 0.1) is 0 Å². The minimum absolute atomic E-state index is 0.382. The molecule has 32 heavy (non-hydrogen) atoms. The van der Waals surface area contributed by atoms with Crippen LogP contribution in [0.1, 0.15) is 28.0 Å². The SMILES string of the molecule is COc1ccc2c(c1OC)C(=O)O[C@H]2Nc1ccc2c(c1)nc(CN1CCOCC1)n2C. The van der Waals surface area contributed by atoms with E-state index in [4.69, 9.17) is 23.9 Å². The molecule has 2 aliphatic heterocycles. The maximum atomic E-state index is 12.5. The van der Waals surface area contributed by atoms with Gasteiger partial charge in [-0.2, -0.15) is 0 Å². The van der Waals surface area contributed by atoms with E-state index in [1.807, 2.05) is 31.3 Å². The summed E-state index contributed by atoms with van der Waals surface area (Å²) >= 11 is 0. The molecular formula is C23H26N4O5. The zero-order valence-corrected chi connectivity index (χ0v) is 18.4. The maximum absolute atomic E-state index is 12.5. The summed E-state index contributed by atoms with van der Waals surface area (Å²) in [5.74, 6) is 1.44. The Balaban J connectivity index is 1.40. The van der Waals surface area contributed by atoms with Crippen LogP contribution in [0.15, 0.2) is 30.3 Å². The molecule has 3 aromatic rings. The molecule has 0 spiro atoms. The quantitative estimate of drug-likeness (QED) is 0.588. The van der Waals surface area contributed by atoms with E-state index in [0.717, 1.165) is 55.4 Å². The summed E-state index contributed by atoms with van der Waals surface area (Å²) in [6.45, 7) is 4.13. The van der Waals surface area contributed by atoms with E-state index in [2.05, 4.69) is 14.8 Å². The number of aromatic nitrogens is 2. The van der Waals surface area contributed by atoms with Crippen molar-refractivity contribution < 1.29 is 23.7 Å². The minimum atomic E-state index is -0.619. The van der Waals surface area contributed by atoms with Crippen molar-refractivity contribution in [2.24, 2.45) is 7.05 Å². The number of nitrogens with one attached hydrogen (secondary N) is 1. The molecule has 0 bridgehead atoms. The number of imidazole rings is 1. The summed E-state index contributed by atoms with van der Waals surface area (Å²) in [6.07, 6.45) is -0.619. The number of aryl methyl sites for hydroxylation is 1. The molecule has 0 aliphatic carbocycles. The number of esters is 1. The van der Waals surface area contributed by atoms with Gasteiger partial charge in [-0.05, 0) is 30.3 Å². The Morgan fingerprint density at radius 3 is 2.72 bits per heavy atom. The molecule has 1 fully saturated rings. The number of carbonyl (C=O) groups excluding carboxylic acids is 1. The van der Waals surface area contributed by atoms with E-state index in [0.29, 0.717) is 22.6 Å². The third-order valence-electron chi connectivity index (χ3n) is 6.03. The molecule has 5 rings (SSSR count). The smallest absolute Gasteiger partial charge is 0.344 e. The highest BCUT2D eigenvalue weighted by atomic mass is 16.6. The predicted octanol–water partition coefficient (Wildman–Crippen LogP) is 2.70. The number of hydrogen-bond acceptors (Lipinski definition) is 8. The highest BCUT2D eigenvalue weighted by Gasteiger charge is 2.36.